The summed E-state index contributed by atoms with van der Waals surface area (Å²) in [5.41, 5.74) is 12.0. The maximum atomic E-state index is 5.28. The van der Waals surface area contributed by atoms with E-state index in [1.54, 1.807) is 0 Å². The minimum absolute atomic E-state index is 0.701. The second-order valence-corrected chi connectivity index (χ2v) is 13.9. The second kappa shape index (κ2) is 12.1. The Morgan fingerprint density at radius 3 is 1.94 bits per heavy atom. The molecule has 4 heteroatoms. The van der Waals surface area contributed by atoms with Gasteiger partial charge >= 0.3 is 0 Å². The average Bonchev–Trinajstić information content (AvgIpc) is 3.83. The molecule has 0 bridgehead atoms. The van der Waals surface area contributed by atoms with Gasteiger partial charge in [-0.1, -0.05) is 127 Å². The topological polar surface area (TPSA) is 35.6 Å². The molecular weight excluding hydrogens is 657 g/mol. The van der Waals surface area contributed by atoms with Crippen molar-refractivity contribution in [3.05, 3.63) is 194 Å². The Morgan fingerprint density at radius 1 is 0.370 bits per heavy atom. The van der Waals surface area contributed by atoms with Gasteiger partial charge in [0.25, 0.3) is 0 Å². The highest BCUT2D eigenvalue weighted by Gasteiger charge is 2.18. The van der Waals surface area contributed by atoms with Crippen LogP contribution in [0.5, 0.6) is 0 Å². The molecule has 0 radical (unpaired) electrons. The quantitative estimate of drug-likeness (QED) is 0.180. The summed E-state index contributed by atoms with van der Waals surface area (Å²) in [5, 5.41) is 7.23. The molecule has 252 valence electrons. The summed E-state index contributed by atoms with van der Waals surface area (Å²) >= 11 is 0. The Hall–Kier alpha value is -7.30. The standard InChI is InChI=1S/C50H32N4/c1-2-14-39(15-3-1)53-30-29-43-45(53)27-28-47-48(43)42-18-7-9-20-46(42)54(47)40-16-10-13-38(32-40)50-51-44-19-8-6-17-41(44)49(52-50)35-24-21-34(22-25-35)37-26-23-33-11-4-5-12-36(33)31-37/h1-32H. The summed E-state index contributed by atoms with van der Waals surface area (Å²) in [7, 11) is 0. The predicted molar refractivity (Wildman–Crippen MR) is 225 cm³/mol. The molecule has 0 unspecified atom stereocenters. The Balaban J connectivity index is 1.03. The molecule has 54 heavy (non-hydrogen) atoms. The molecule has 3 aromatic heterocycles. The number of nitrogens with zero attached hydrogens (tertiary/aromatic N) is 4. The fourth-order valence-corrected chi connectivity index (χ4v) is 8.18. The van der Waals surface area contributed by atoms with E-state index in [0.29, 0.717) is 5.82 Å². The number of benzene rings is 8. The highest BCUT2D eigenvalue weighted by molar-refractivity contribution is 6.21. The lowest BCUT2D eigenvalue weighted by molar-refractivity contribution is 1.13. The van der Waals surface area contributed by atoms with E-state index >= 15 is 0 Å². The molecule has 3 heterocycles. The number of hydrogen-bond donors (Lipinski definition) is 0. The van der Waals surface area contributed by atoms with Gasteiger partial charge in [-0.15, -0.1) is 0 Å². The van der Waals surface area contributed by atoms with E-state index in [0.717, 1.165) is 44.6 Å². The van der Waals surface area contributed by atoms with E-state index < -0.39 is 0 Å². The van der Waals surface area contributed by atoms with Gasteiger partial charge in [-0.05, 0) is 82.6 Å². The lowest BCUT2D eigenvalue weighted by Gasteiger charge is -2.12. The molecule has 0 saturated carbocycles. The Labute approximate surface area is 311 Å². The number of aromatic nitrogens is 4. The van der Waals surface area contributed by atoms with Gasteiger partial charge in [0, 0.05) is 50.2 Å². The third-order valence-electron chi connectivity index (χ3n) is 10.7. The van der Waals surface area contributed by atoms with Gasteiger partial charge in [-0.25, -0.2) is 9.97 Å². The summed E-state index contributed by atoms with van der Waals surface area (Å²) in [6, 6.07) is 66.9. The van der Waals surface area contributed by atoms with Crippen LogP contribution in [-0.2, 0) is 0 Å². The van der Waals surface area contributed by atoms with Crippen molar-refractivity contribution in [2.75, 3.05) is 0 Å². The molecule has 0 saturated heterocycles. The predicted octanol–water partition coefficient (Wildman–Crippen LogP) is 12.8. The van der Waals surface area contributed by atoms with Gasteiger partial charge in [0.15, 0.2) is 5.82 Å². The number of fused-ring (bicyclic) bond motifs is 7. The summed E-state index contributed by atoms with van der Waals surface area (Å²) in [6.07, 6.45) is 2.18. The van der Waals surface area contributed by atoms with Crippen LogP contribution in [0.2, 0.25) is 0 Å². The van der Waals surface area contributed by atoms with Crippen molar-refractivity contribution in [1.82, 2.24) is 19.1 Å². The highest BCUT2D eigenvalue weighted by atomic mass is 15.0. The van der Waals surface area contributed by atoms with Gasteiger partial charge in [-0.2, -0.15) is 0 Å². The number of hydrogen-bond acceptors (Lipinski definition) is 2. The molecule has 8 aromatic carbocycles. The maximum absolute atomic E-state index is 5.28. The van der Waals surface area contributed by atoms with Gasteiger partial charge in [-0.3, -0.25) is 0 Å². The van der Waals surface area contributed by atoms with Crippen LogP contribution in [0.25, 0.3) is 99.5 Å². The van der Waals surface area contributed by atoms with Crippen LogP contribution in [0.4, 0.5) is 0 Å². The maximum Gasteiger partial charge on any atom is 0.160 e. The van der Waals surface area contributed by atoms with Crippen molar-refractivity contribution in [3.63, 3.8) is 0 Å². The van der Waals surface area contributed by atoms with Crippen LogP contribution >= 0.6 is 0 Å². The fourth-order valence-electron chi connectivity index (χ4n) is 8.18. The summed E-state index contributed by atoms with van der Waals surface area (Å²) in [6.45, 7) is 0. The minimum Gasteiger partial charge on any atom is -0.317 e. The van der Waals surface area contributed by atoms with Crippen molar-refractivity contribution in [2.24, 2.45) is 0 Å². The first-order valence-electron chi connectivity index (χ1n) is 18.3. The van der Waals surface area contributed by atoms with Gasteiger partial charge in [0.2, 0.25) is 0 Å². The molecule has 11 rings (SSSR count). The van der Waals surface area contributed by atoms with Gasteiger partial charge < -0.3 is 9.13 Å². The van der Waals surface area contributed by atoms with Crippen molar-refractivity contribution >= 4 is 54.4 Å². The smallest absolute Gasteiger partial charge is 0.160 e. The van der Waals surface area contributed by atoms with Gasteiger partial charge in [0.1, 0.15) is 0 Å². The zero-order valence-corrected chi connectivity index (χ0v) is 29.3. The van der Waals surface area contributed by atoms with E-state index in [4.69, 9.17) is 9.97 Å². The molecule has 0 aliphatic carbocycles. The van der Waals surface area contributed by atoms with Crippen molar-refractivity contribution in [1.29, 1.82) is 0 Å². The van der Waals surface area contributed by atoms with E-state index in [1.807, 2.05) is 6.07 Å². The van der Waals surface area contributed by atoms with Crippen LogP contribution in [0, 0.1) is 0 Å². The molecule has 0 amide bonds. The third kappa shape index (κ3) is 4.85. The lowest BCUT2D eigenvalue weighted by Crippen LogP contribution is -1.98. The largest absolute Gasteiger partial charge is 0.317 e. The molecular formula is C50H32N4. The number of rotatable bonds is 5. The lowest BCUT2D eigenvalue weighted by atomic mass is 9.98. The third-order valence-corrected chi connectivity index (χ3v) is 10.7. The Bertz CT molecular complexity index is 3210. The van der Waals surface area contributed by atoms with E-state index in [1.165, 1.54) is 49.1 Å². The molecule has 4 nitrogen and oxygen atoms in total. The summed E-state index contributed by atoms with van der Waals surface area (Å²) < 4.78 is 4.65. The normalized spacial score (nSPS) is 11.7. The zero-order valence-electron chi connectivity index (χ0n) is 29.3. The molecule has 0 aliphatic heterocycles. The van der Waals surface area contributed by atoms with Crippen LogP contribution in [0.15, 0.2) is 194 Å². The van der Waals surface area contributed by atoms with E-state index in [9.17, 15) is 0 Å². The molecule has 0 N–H and O–H groups in total. The van der Waals surface area contributed by atoms with E-state index in [2.05, 4.69) is 197 Å². The molecule has 0 atom stereocenters. The van der Waals surface area contributed by atoms with Crippen LogP contribution in [0.1, 0.15) is 0 Å². The molecule has 0 fully saturated rings. The monoisotopic (exact) mass is 688 g/mol. The van der Waals surface area contributed by atoms with E-state index in [-0.39, 0.29) is 0 Å². The Kier molecular flexibility index (Phi) is 6.82. The molecule has 0 spiro atoms. The molecule has 11 aromatic rings. The SMILES string of the molecule is c1ccc(-n2ccc3c4c5ccccc5n(-c5cccc(-c6nc(-c7ccc(-c8ccc9ccccc9c8)cc7)c7ccccc7n6)c5)c4ccc32)cc1. The minimum atomic E-state index is 0.701. The molecule has 0 aliphatic rings. The first-order valence-corrected chi connectivity index (χ1v) is 18.3. The van der Waals surface area contributed by atoms with Crippen LogP contribution < -0.4 is 0 Å². The van der Waals surface area contributed by atoms with Crippen molar-refractivity contribution in [2.45, 2.75) is 0 Å². The number of para-hydroxylation sites is 3. The second-order valence-electron chi connectivity index (χ2n) is 13.9. The van der Waals surface area contributed by atoms with Gasteiger partial charge in [0.05, 0.1) is 27.8 Å². The van der Waals surface area contributed by atoms with Crippen LogP contribution in [-0.4, -0.2) is 19.1 Å². The van der Waals surface area contributed by atoms with Crippen molar-refractivity contribution in [3.8, 4) is 45.1 Å². The summed E-state index contributed by atoms with van der Waals surface area (Å²) in [4.78, 5) is 10.4. The first kappa shape index (κ1) is 30.3. The Morgan fingerprint density at radius 2 is 1.06 bits per heavy atom. The van der Waals surface area contributed by atoms with Crippen molar-refractivity contribution < 1.29 is 0 Å². The fraction of sp³-hybridized carbons (Fsp3) is 0. The summed E-state index contributed by atoms with van der Waals surface area (Å²) in [5.74, 6) is 0.701. The highest BCUT2D eigenvalue weighted by Crippen LogP contribution is 2.39. The van der Waals surface area contributed by atoms with Crippen LogP contribution in [0.3, 0.4) is 0 Å². The average molecular weight is 689 g/mol. The first-order chi connectivity index (χ1) is 26.8. The zero-order chi connectivity index (χ0) is 35.6.